The molecule has 15 heavy (non-hydrogen) atoms. The summed E-state index contributed by atoms with van der Waals surface area (Å²) in [5.41, 5.74) is -0.128. The van der Waals surface area contributed by atoms with Gasteiger partial charge in [-0.05, 0) is 18.1 Å². The highest BCUT2D eigenvalue weighted by molar-refractivity contribution is 5.28. The minimum atomic E-state index is -1.28. The van der Waals surface area contributed by atoms with Gasteiger partial charge in [0.05, 0.1) is 13.2 Å². The van der Waals surface area contributed by atoms with E-state index in [0.29, 0.717) is 11.1 Å². The van der Waals surface area contributed by atoms with Gasteiger partial charge in [0.1, 0.15) is 11.7 Å². The number of hydrogen-bond acceptors (Lipinski definition) is 4. The second-order valence-corrected chi connectivity index (χ2v) is 3.75. The number of benzene rings is 1. The zero-order valence-electron chi connectivity index (χ0n) is 8.59. The summed E-state index contributed by atoms with van der Waals surface area (Å²) < 4.78 is 0. The maximum absolute atomic E-state index is 9.72. The topological polar surface area (TPSA) is 80.9 Å². The first-order valence-corrected chi connectivity index (χ1v) is 4.74. The summed E-state index contributed by atoms with van der Waals surface area (Å²) >= 11 is 0. The highest BCUT2D eigenvalue weighted by Gasteiger charge is 2.21. The van der Waals surface area contributed by atoms with Gasteiger partial charge >= 0.3 is 0 Å². The lowest BCUT2D eigenvalue weighted by Gasteiger charge is -2.21. The van der Waals surface area contributed by atoms with Gasteiger partial charge in [-0.2, -0.15) is 0 Å². The lowest BCUT2D eigenvalue weighted by atomic mass is 9.95. The van der Waals surface area contributed by atoms with Gasteiger partial charge in [0, 0.05) is 0 Å². The average Bonchev–Trinajstić information content (AvgIpc) is 2.28. The summed E-state index contributed by atoms with van der Waals surface area (Å²) in [6.45, 7) is 0.801. The SMILES string of the molecule is CC(O)(CO)c1ccc(C(O)CO)cc1. The number of aliphatic hydroxyl groups excluding tert-OH is 3. The van der Waals surface area contributed by atoms with Crippen molar-refractivity contribution in [3.8, 4) is 0 Å². The zero-order chi connectivity index (χ0) is 11.5. The molecule has 2 atom stereocenters. The maximum Gasteiger partial charge on any atom is 0.110 e. The summed E-state index contributed by atoms with van der Waals surface area (Å²) in [6.07, 6.45) is -0.905. The predicted molar refractivity (Wildman–Crippen MR) is 55.1 cm³/mol. The third kappa shape index (κ3) is 2.76. The van der Waals surface area contributed by atoms with Crippen LogP contribution in [0.2, 0.25) is 0 Å². The second-order valence-electron chi connectivity index (χ2n) is 3.75. The van der Waals surface area contributed by atoms with Crippen LogP contribution in [0.15, 0.2) is 24.3 Å². The van der Waals surface area contributed by atoms with Crippen LogP contribution < -0.4 is 0 Å². The van der Waals surface area contributed by atoms with E-state index in [-0.39, 0.29) is 13.2 Å². The Labute approximate surface area is 88.4 Å². The van der Waals surface area contributed by atoms with E-state index >= 15 is 0 Å². The van der Waals surface area contributed by atoms with Gasteiger partial charge in [0.15, 0.2) is 0 Å². The monoisotopic (exact) mass is 212 g/mol. The lowest BCUT2D eigenvalue weighted by molar-refractivity contribution is -0.00235. The van der Waals surface area contributed by atoms with Gasteiger partial charge in [-0.1, -0.05) is 24.3 Å². The van der Waals surface area contributed by atoms with Crippen LogP contribution in [0.4, 0.5) is 0 Å². The van der Waals surface area contributed by atoms with Gasteiger partial charge < -0.3 is 20.4 Å². The quantitative estimate of drug-likeness (QED) is 0.562. The Kier molecular flexibility index (Phi) is 3.82. The normalized spacial score (nSPS) is 17.1. The molecule has 0 spiro atoms. The molecular formula is C11H16O4. The van der Waals surface area contributed by atoms with E-state index in [9.17, 15) is 10.2 Å². The van der Waals surface area contributed by atoms with Gasteiger partial charge in [0.2, 0.25) is 0 Å². The van der Waals surface area contributed by atoms with E-state index in [0.717, 1.165) is 0 Å². The van der Waals surface area contributed by atoms with Crippen LogP contribution in [0.25, 0.3) is 0 Å². The van der Waals surface area contributed by atoms with Gasteiger partial charge in [0.25, 0.3) is 0 Å². The summed E-state index contributed by atoms with van der Waals surface area (Å²) in [5, 5.41) is 36.7. The summed E-state index contributed by atoms with van der Waals surface area (Å²) in [7, 11) is 0. The van der Waals surface area contributed by atoms with Crippen LogP contribution in [0.1, 0.15) is 24.2 Å². The van der Waals surface area contributed by atoms with Crippen molar-refractivity contribution < 1.29 is 20.4 Å². The average molecular weight is 212 g/mol. The van der Waals surface area contributed by atoms with Gasteiger partial charge in [-0.15, -0.1) is 0 Å². The molecule has 84 valence electrons. The largest absolute Gasteiger partial charge is 0.393 e. The molecule has 1 aromatic rings. The molecule has 4 heteroatoms. The molecule has 0 bridgehead atoms. The van der Waals surface area contributed by atoms with Gasteiger partial charge in [-0.3, -0.25) is 0 Å². The molecule has 0 aliphatic heterocycles. The zero-order valence-corrected chi connectivity index (χ0v) is 8.59. The van der Waals surface area contributed by atoms with Crippen molar-refractivity contribution in [3.63, 3.8) is 0 Å². The van der Waals surface area contributed by atoms with E-state index in [1.807, 2.05) is 0 Å². The van der Waals surface area contributed by atoms with Crippen molar-refractivity contribution in [1.29, 1.82) is 0 Å². The molecule has 0 saturated heterocycles. The molecule has 0 aliphatic carbocycles. The van der Waals surface area contributed by atoms with Crippen LogP contribution in [0.3, 0.4) is 0 Å². The Morgan fingerprint density at radius 3 is 2.13 bits per heavy atom. The number of rotatable bonds is 4. The highest BCUT2D eigenvalue weighted by atomic mass is 16.3. The van der Waals surface area contributed by atoms with Crippen LogP contribution >= 0.6 is 0 Å². The standard InChI is InChI=1S/C11H16O4/c1-11(15,7-13)9-4-2-8(3-5-9)10(14)6-12/h2-5,10,12-15H,6-7H2,1H3. The van der Waals surface area contributed by atoms with Crippen LogP contribution in [-0.4, -0.2) is 33.6 Å². The molecule has 0 saturated carbocycles. The molecule has 0 aliphatic rings. The molecule has 0 amide bonds. The summed E-state index contributed by atoms with van der Waals surface area (Å²) in [4.78, 5) is 0. The molecule has 0 fully saturated rings. The second kappa shape index (κ2) is 4.72. The van der Waals surface area contributed by atoms with E-state index in [1.54, 1.807) is 24.3 Å². The van der Waals surface area contributed by atoms with E-state index < -0.39 is 11.7 Å². The molecule has 1 aromatic carbocycles. The predicted octanol–water partition coefficient (Wildman–Crippen LogP) is -0.0879. The fourth-order valence-electron chi connectivity index (χ4n) is 1.26. The highest BCUT2D eigenvalue weighted by Crippen LogP contribution is 2.22. The Bertz CT molecular complexity index is 305. The smallest absolute Gasteiger partial charge is 0.110 e. The molecule has 0 heterocycles. The Hall–Kier alpha value is -0.940. The molecule has 4 nitrogen and oxygen atoms in total. The van der Waals surface area contributed by atoms with E-state index in [4.69, 9.17) is 10.2 Å². The molecular weight excluding hydrogens is 196 g/mol. The van der Waals surface area contributed by atoms with E-state index in [2.05, 4.69) is 0 Å². The summed E-state index contributed by atoms with van der Waals surface area (Å²) in [5.74, 6) is 0. The Morgan fingerprint density at radius 1 is 1.20 bits per heavy atom. The lowest BCUT2D eigenvalue weighted by Crippen LogP contribution is -2.25. The summed E-state index contributed by atoms with van der Waals surface area (Å²) in [6, 6.07) is 6.45. The van der Waals surface area contributed by atoms with Crippen molar-refractivity contribution in [2.75, 3.05) is 13.2 Å². The molecule has 1 rings (SSSR count). The first kappa shape index (κ1) is 12.1. The van der Waals surface area contributed by atoms with Crippen LogP contribution in [0.5, 0.6) is 0 Å². The first-order valence-electron chi connectivity index (χ1n) is 4.74. The fraction of sp³-hybridized carbons (Fsp3) is 0.455. The van der Waals surface area contributed by atoms with Gasteiger partial charge in [-0.25, -0.2) is 0 Å². The minimum Gasteiger partial charge on any atom is -0.393 e. The van der Waals surface area contributed by atoms with Crippen molar-refractivity contribution in [3.05, 3.63) is 35.4 Å². The number of hydrogen-bond donors (Lipinski definition) is 4. The van der Waals surface area contributed by atoms with Crippen molar-refractivity contribution in [2.45, 2.75) is 18.6 Å². The molecule has 0 aromatic heterocycles. The Balaban J connectivity index is 2.90. The third-order valence-corrected chi connectivity index (χ3v) is 2.40. The Morgan fingerprint density at radius 2 is 1.73 bits per heavy atom. The fourth-order valence-corrected chi connectivity index (χ4v) is 1.26. The van der Waals surface area contributed by atoms with Crippen LogP contribution in [0, 0.1) is 0 Å². The van der Waals surface area contributed by atoms with Crippen molar-refractivity contribution >= 4 is 0 Å². The van der Waals surface area contributed by atoms with E-state index in [1.165, 1.54) is 6.92 Å². The molecule has 4 N–H and O–H groups in total. The third-order valence-electron chi connectivity index (χ3n) is 2.40. The molecule has 0 radical (unpaired) electrons. The maximum atomic E-state index is 9.72. The van der Waals surface area contributed by atoms with Crippen molar-refractivity contribution in [1.82, 2.24) is 0 Å². The van der Waals surface area contributed by atoms with Crippen molar-refractivity contribution in [2.24, 2.45) is 0 Å². The molecule has 2 unspecified atom stereocenters. The van der Waals surface area contributed by atoms with Crippen LogP contribution in [-0.2, 0) is 5.60 Å². The first-order chi connectivity index (χ1) is 7.01. The minimum absolute atomic E-state index is 0.338. The number of aliphatic hydroxyl groups is 4.